The summed E-state index contributed by atoms with van der Waals surface area (Å²) in [6.45, 7) is -1.24. The van der Waals surface area contributed by atoms with Gasteiger partial charge in [-0.05, 0) is 0 Å². The topological polar surface area (TPSA) is 110 Å². The molecule has 6 nitrogen and oxygen atoms in total. The highest BCUT2D eigenvalue weighted by atomic mass is 16.8. The molecule has 10 heavy (non-hydrogen) atoms. The molecule has 0 aromatic heterocycles. The van der Waals surface area contributed by atoms with Crippen molar-refractivity contribution in [2.24, 2.45) is 0 Å². The zero-order chi connectivity index (χ0) is 8.41. The largest absolute Gasteiger partial charge is 0.390 e. The maximum Gasteiger partial charge on any atom is 0.337 e. The van der Waals surface area contributed by atoms with Crippen molar-refractivity contribution in [1.29, 1.82) is 0 Å². The summed E-state index contributed by atoms with van der Waals surface area (Å²) in [6, 6.07) is 0. The van der Waals surface area contributed by atoms with Crippen molar-refractivity contribution >= 4 is 0 Å². The van der Waals surface area contributed by atoms with Crippen molar-refractivity contribution < 1.29 is 30.3 Å². The Balaban J connectivity index is 4.28. The molecule has 62 valence electrons. The van der Waals surface area contributed by atoms with Gasteiger partial charge in [-0.2, -0.15) is 0 Å². The van der Waals surface area contributed by atoms with E-state index in [0.29, 0.717) is 0 Å². The van der Waals surface area contributed by atoms with E-state index in [2.05, 4.69) is 4.74 Å². The van der Waals surface area contributed by atoms with Crippen LogP contribution in [0.1, 0.15) is 0 Å². The third-order valence-electron chi connectivity index (χ3n) is 1.03. The molecular weight excluding hydrogens is 144 g/mol. The van der Waals surface area contributed by atoms with Gasteiger partial charge in [0.15, 0.2) is 0 Å². The SMILES string of the molecule is COC(O)(O)C(O)(O)CO. The number of ether oxygens (including phenoxy) is 1. The number of aliphatic hydroxyl groups excluding tert-OH is 1. The van der Waals surface area contributed by atoms with Crippen LogP contribution in [0.15, 0.2) is 0 Å². The van der Waals surface area contributed by atoms with E-state index < -0.39 is 18.4 Å². The average Bonchev–Trinajstić information content (AvgIpc) is 1.88. The Labute approximate surface area is 56.9 Å². The summed E-state index contributed by atoms with van der Waals surface area (Å²) in [7, 11) is 0.844. The zero-order valence-electron chi connectivity index (χ0n) is 5.35. The predicted octanol–water partition coefficient (Wildman–Crippen LogP) is -3.06. The first kappa shape index (κ1) is 9.76. The van der Waals surface area contributed by atoms with E-state index in [1.165, 1.54) is 0 Å². The van der Waals surface area contributed by atoms with Crippen LogP contribution in [-0.2, 0) is 4.74 Å². The molecule has 0 aromatic carbocycles. The van der Waals surface area contributed by atoms with Gasteiger partial charge < -0.3 is 30.3 Å². The molecule has 0 unspecified atom stereocenters. The molecule has 0 aliphatic carbocycles. The van der Waals surface area contributed by atoms with Crippen LogP contribution in [0.25, 0.3) is 0 Å². The van der Waals surface area contributed by atoms with Gasteiger partial charge in [0, 0.05) is 7.11 Å². The average molecular weight is 154 g/mol. The molecule has 0 radical (unpaired) electrons. The molecule has 0 heterocycles. The first-order valence-corrected chi connectivity index (χ1v) is 2.43. The summed E-state index contributed by atoms with van der Waals surface area (Å²) in [6.07, 6.45) is 0. The normalized spacial score (nSPS) is 13.8. The molecule has 0 aromatic rings. The van der Waals surface area contributed by atoms with E-state index in [-0.39, 0.29) is 0 Å². The number of methoxy groups -OCH3 is 1. The second-order valence-corrected chi connectivity index (χ2v) is 1.79. The third kappa shape index (κ3) is 1.63. The maximum absolute atomic E-state index is 8.53. The fraction of sp³-hybridized carbons (Fsp3) is 1.00. The monoisotopic (exact) mass is 154 g/mol. The molecule has 0 aliphatic heterocycles. The highest BCUT2D eigenvalue weighted by molar-refractivity contribution is 4.71. The molecule has 0 amide bonds. The van der Waals surface area contributed by atoms with Gasteiger partial charge in [0.05, 0.1) is 0 Å². The Morgan fingerprint density at radius 1 is 1.20 bits per heavy atom. The first-order chi connectivity index (χ1) is 4.37. The number of aliphatic hydroxyl groups is 5. The number of rotatable bonds is 3. The van der Waals surface area contributed by atoms with E-state index in [4.69, 9.17) is 25.5 Å². The van der Waals surface area contributed by atoms with E-state index in [1.54, 1.807) is 0 Å². The van der Waals surface area contributed by atoms with Crippen LogP contribution in [0.3, 0.4) is 0 Å². The summed E-state index contributed by atoms with van der Waals surface area (Å²) >= 11 is 0. The Morgan fingerprint density at radius 3 is 1.70 bits per heavy atom. The van der Waals surface area contributed by atoms with Gasteiger partial charge in [-0.3, -0.25) is 0 Å². The summed E-state index contributed by atoms with van der Waals surface area (Å²) in [5, 5.41) is 42.3. The Kier molecular flexibility index (Phi) is 2.72. The zero-order valence-corrected chi connectivity index (χ0v) is 5.35. The number of hydrogen-bond acceptors (Lipinski definition) is 6. The molecule has 0 fully saturated rings. The Morgan fingerprint density at radius 2 is 1.60 bits per heavy atom. The van der Waals surface area contributed by atoms with Gasteiger partial charge >= 0.3 is 5.97 Å². The van der Waals surface area contributed by atoms with E-state index in [1.807, 2.05) is 0 Å². The van der Waals surface area contributed by atoms with Crippen LogP contribution >= 0.6 is 0 Å². The summed E-state index contributed by atoms with van der Waals surface area (Å²) < 4.78 is 3.84. The number of hydrogen-bond donors (Lipinski definition) is 5. The van der Waals surface area contributed by atoms with Crippen LogP contribution in [0.2, 0.25) is 0 Å². The fourth-order valence-electron chi connectivity index (χ4n) is 0.266. The van der Waals surface area contributed by atoms with Crippen LogP contribution in [0.5, 0.6) is 0 Å². The molecule has 0 rings (SSSR count). The minimum atomic E-state index is -3.15. The van der Waals surface area contributed by atoms with Crippen LogP contribution in [0, 0.1) is 0 Å². The standard InChI is InChI=1S/C4H10O6/c1-10-4(8,9)3(6,7)2-5/h5-9H,2H2,1H3. The van der Waals surface area contributed by atoms with Gasteiger partial charge in [0.1, 0.15) is 6.61 Å². The van der Waals surface area contributed by atoms with Crippen LogP contribution in [0.4, 0.5) is 0 Å². The van der Waals surface area contributed by atoms with Crippen LogP contribution in [-0.4, -0.2) is 51.0 Å². The van der Waals surface area contributed by atoms with E-state index >= 15 is 0 Å². The quantitative estimate of drug-likeness (QED) is 0.276. The van der Waals surface area contributed by atoms with Crippen molar-refractivity contribution in [2.75, 3.05) is 13.7 Å². The molecule has 6 heteroatoms. The molecular formula is C4H10O6. The molecule has 5 N–H and O–H groups in total. The third-order valence-corrected chi connectivity index (χ3v) is 1.03. The van der Waals surface area contributed by atoms with E-state index in [9.17, 15) is 0 Å². The lowest BCUT2D eigenvalue weighted by Crippen LogP contribution is -2.58. The van der Waals surface area contributed by atoms with Gasteiger partial charge in [-0.15, -0.1) is 0 Å². The molecule has 0 atom stereocenters. The van der Waals surface area contributed by atoms with Gasteiger partial charge in [0.2, 0.25) is 0 Å². The second-order valence-electron chi connectivity index (χ2n) is 1.79. The Hall–Kier alpha value is -0.240. The molecule has 0 aliphatic rings. The van der Waals surface area contributed by atoms with E-state index in [0.717, 1.165) is 7.11 Å². The Bertz CT molecular complexity index is 94.3. The summed E-state index contributed by atoms with van der Waals surface area (Å²) in [4.78, 5) is 0. The lowest BCUT2D eigenvalue weighted by atomic mass is 10.2. The highest BCUT2D eigenvalue weighted by Crippen LogP contribution is 2.16. The minimum absolute atomic E-state index is 0.844. The van der Waals surface area contributed by atoms with Crippen molar-refractivity contribution in [3.8, 4) is 0 Å². The second kappa shape index (κ2) is 2.79. The molecule has 0 bridgehead atoms. The highest BCUT2D eigenvalue weighted by Gasteiger charge is 2.47. The fourth-order valence-corrected chi connectivity index (χ4v) is 0.266. The van der Waals surface area contributed by atoms with Crippen molar-refractivity contribution in [2.45, 2.75) is 11.8 Å². The summed E-state index contributed by atoms with van der Waals surface area (Å²) in [5.41, 5.74) is 0. The van der Waals surface area contributed by atoms with Crippen molar-refractivity contribution in [3.05, 3.63) is 0 Å². The van der Waals surface area contributed by atoms with Gasteiger partial charge in [-0.25, -0.2) is 0 Å². The lowest BCUT2D eigenvalue weighted by Gasteiger charge is -2.30. The maximum atomic E-state index is 8.53. The predicted molar refractivity (Wildman–Crippen MR) is 28.4 cm³/mol. The lowest BCUT2D eigenvalue weighted by molar-refractivity contribution is -0.458. The van der Waals surface area contributed by atoms with Crippen molar-refractivity contribution in [1.82, 2.24) is 0 Å². The summed E-state index contributed by atoms with van der Waals surface area (Å²) in [5.74, 6) is -6.22. The molecule has 0 saturated heterocycles. The molecule has 0 saturated carbocycles. The van der Waals surface area contributed by atoms with Gasteiger partial charge in [0.25, 0.3) is 5.79 Å². The van der Waals surface area contributed by atoms with Gasteiger partial charge in [-0.1, -0.05) is 0 Å². The van der Waals surface area contributed by atoms with Crippen molar-refractivity contribution in [3.63, 3.8) is 0 Å². The van der Waals surface area contributed by atoms with Crippen LogP contribution < -0.4 is 0 Å². The molecule has 0 spiro atoms. The smallest absolute Gasteiger partial charge is 0.337 e. The first-order valence-electron chi connectivity index (χ1n) is 2.43. The minimum Gasteiger partial charge on any atom is -0.390 e.